The Morgan fingerprint density at radius 3 is 2.70 bits per heavy atom. The van der Waals surface area contributed by atoms with Gasteiger partial charge in [0.1, 0.15) is 17.3 Å². The van der Waals surface area contributed by atoms with Gasteiger partial charge in [-0.2, -0.15) is 5.06 Å². The lowest BCUT2D eigenvalue weighted by Crippen LogP contribution is -2.38. The largest absolute Gasteiger partial charge is 0.426 e. The maximum atomic E-state index is 12.8. The van der Waals surface area contributed by atoms with Crippen molar-refractivity contribution in [1.29, 1.82) is 0 Å². The molecule has 0 saturated heterocycles. The van der Waals surface area contributed by atoms with E-state index in [1.807, 2.05) is 6.92 Å². The Morgan fingerprint density at radius 2 is 2.09 bits per heavy atom. The topological polar surface area (TPSA) is 88.9 Å². The van der Waals surface area contributed by atoms with Crippen molar-refractivity contribution in [3.8, 4) is 11.7 Å². The highest BCUT2D eigenvalue weighted by molar-refractivity contribution is 5.71. The SMILES string of the molecule is Cc1cc(Oc2ccc(F)cc2)oc1C=CC(C)N(O)C(N)=O. The second-order valence-corrected chi connectivity index (χ2v) is 4.95. The van der Waals surface area contributed by atoms with Gasteiger partial charge in [-0.1, -0.05) is 6.08 Å². The van der Waals surface area contributed by atoms with Crippen molar-refractivity contribution in [3.05, 3.63) is 53.5 Å². The van der Waals surface area contributed by atoms with Crippen LogP contribution in [0.5, 0.6) is 11.7 Å². The highest BCUT2D eigenvalue weighted by atomic mass is 19.1. The summed E-state index contributed by atoms with van der Waals surface area (Å²) in [7, 11) is 0. The van der Waals surface area contributed by atoms with E-state index in [4.69, 9.17) is 14.9 Å². The minimum atomic E-state index is -0.946. The first-order valence-corrected chi connectivity index (χ1v) is 6.86. The summed E-state index contributed by atoms with van der Waals surface area (Å²) < 4.78 is 23.9. The number of urea groups is 1. The van der Waals surface area contributed by atoms with Crippen molar-refractivity contribution < 1.29 is 23.5 Å². The molecule has 7 heteroatoms. The number of carbonyl (C=O) groups excluding carboxylic acids is 1. The monoisotopic (exact) mass is 320 g/mol. The molecule has 0 aliphatic rings. The van der Waals surface area contributed by atoms with E-state index in [2.05, 4.69) is 0 Å². The molecule has 0 aliphatic heterocycles. The van der Waals surface area contributed by atoms with Crippen molar-refractivity contribution in [2.45, 2.75) is 19.9 Å². The van der Waals surface area contributed by atoms with Crippen molar-refractivity contribution in [2.75, 3.05) is 0 Å². The highest BCUT2D eigenvalue weighted by Crippen LogP contribution is 2.27. The van der Waals surface area contributed by atoms with Gasteiger partial charge in [0, 0.05) is 6.07 Å². The lowest BCUT2D eigenvalue weighted by molar-refractivity contribution is -0.0560. The fourth-order valence-corrected chi connectivity index (χ4v) is 1.81. The molecule has 1 atom stereocenters. The van der Waals surface area contributed by atoms with Crippen LogP contribution in [0.4, 0.5) is 9.18 Å². The van der Waals surface area contributed by atoms with Crippen LogP contribution < -0.4 is 10.5 Å². The van der Waals surface area contributed by atoms with Gasteiger partial charge in [0.05, 0.1) is 6.04 Å². The summed E-state index contributed by atoms with van der Waals surface area (Å²) in [6.07, 6.45) is 3.15. The van der Waals surface area contributed by atoms with Crippen LogP contribution in [-0.2, 0) is 0 Å². The van der Waals surface area contributed by atoms with Gasteiger partial charge in [-0.25, -0.2) is 9.18 Å². The molecular weight excluding hydrogens is 303 g/mol. The Bertz CT molecular complexity index is 709. The van der Waals surface area contributed by atoms with Crippen LogP contribution >= 0.6 is 0 Å². The molecule has 0 saturated carbocycles. The summed E-state index contributed by atoms with van der Waals surface area (Å²) in [5, 5.41) is 9.79. The highest BCUT2D eigenvalue weighted by Gasteiger charge is 2.13. The smallest absolute Gasteiger partial charge is 0.339 e. The van der Waals surface area contributed by atoms with E-state index in [0.29, 0.717) is 16.6 Å². The van der Waals surface area contributed by atoms with E-state index in [9.17, 15) is 14.4 Å². The van der Waals surface area contributed by atoms with Gasteiger partial charge in [0.25, 0.3) is 5.95 Å². The second-order valence-electron chi connectivity index (χ2n) is 4.95. The van der Waals surface area contributed by atoms with Crippen molar-refractivity contribution in [3.63, 3.8) is 0 Å². The quantitative estimate of drug-likeness (QED) is 0.649. The van der Waals surface area contributed by atoms with Gasteiger partial charge >= 0.3 is 6.03 Å². The minimum absolute atomic E-state index is 0.247. The summed E-state index contributed by atoms with van der Waals surface area (Å²) >= 11 is 0. The normalized spacial score (nSPS) is 12.3. The number of carbonyl (C=O) groups is 1. The summed E-state index contributed by atoms with van der Waals surface area (Å²) in [4.78, 5) is 10.8. The molecule has 1 heterocycles. The predicted molar refractivity (Wildman–Crippen MR) is 81.6 cm³/mol. The lowest BCUT2D eigenvalue weighted by atomic mass is 10.2. The Kier molecular flexibility index (Phi) is 5.02. The number of hydrogen-bond donors (Lipinski definition) is 2. The van der Waals surface area contributed by atoms with Crippen molar-refractivity contribution >= 4 is 12.1 Å². The van der Waals surface area contributed by atoms with E-state index >= 15 is 0 Å². The third kappa shape index (κ3) is 4.33. The second kappa shape index (κ2) is 6.97. The van der Waals surface area contributed by atoms with Gasteiger partial charge in [0.15, 0.2) is 0 Å². The number of furan rings is 1. The molecule has 2 amide bonds. The Balaban J connectivity index is 2.08. The number of benzene rings is 1. The van der Waals surface area contributed by atoms with Crippen LogP contribution in [0.2, 0.25) is 0 Å². The van der Waals surface area contributed by atoms with Gasteiger partial charge < -0.3 is 14.9 Å². The third-order valence-corrected chi connectivity index (χ3v) is 3.10. The van der Waals surface area contributed by atoms with Gasteiger partial charge in [0.2, 0.25) is 0 Å². The zero-order valence-electron chi connectivity index (χ0n) is 12.7. The number of ether oxygens (including phenoxy) is 1. The lowest BCUT2D eigenvalue weighted by Gasteiger charge is -2.16. The first-order chi connectivity index (χ1) is 10.9. The molecule has 122 valence electrons. The summed E-state index contributed by atoms with van der Waals surface area (Å²) in [6, 6.07) is 5.67. The van der Waals surface area contributed by atoms with Crippen LogP contribution in [0.1, 0.15) is 18.2 Å². The summed E-state index contributed by atoms with van der Waals surface area (Å²) in [5.74, 6) is 0.844. The first kappa shape index (κ1) is 16.6. The van der Waals surface area contributed by atoms with Gasteiger partial charge in [-0.05, 0) is 49.8 Å². The van der Waals surface area contributed by atoms with E-state index in [0.717, 1.165) is 5.56 Å². The van der Waals surface area contributed by atoms with Gasteiger partial charge in [-0.3, -0.25) is 5.21 Å². The van der Waals surface area contributed by atoms with Crippen molar-refractivity contribution in [1.82, 2.24) is 5.06 Å². The molecule has 3 N–H and O–H groups in total. The van der Waals surface area contributed by atoms with E-state index in [1.165, 1.54) is 24.3 Å². The Labute approximate surface area is 132 Å². The molecule has 1 aromatic carbocycles. The molecule has 0 fully saturated rings. The molecule has 2 rings (SSSR count). The maximum Gasteiger partial charge on any atom is 0.339 e. The molecule has 1 unspecified atom stereocenters. The van der Waals surface area contributed by atoms with Crippen LogP contribution in [0, 0.1) is 12.7 Å². The zero-order chi connectivity index (χ0) is 17.0. The number of halogens is 1. The van der Waals surface area contributed by atoms with E-state index in [1.54, 1.807) is 25.1 Å². The number of nitrogens with two attached hydrogens (primary N) is 1. The molecular formula is C16H17FN2O4. The molecule has 0 spiro atoms. The van der Waals surface area contributed by atoms with Gasteiger partial charge in [-0.15, -0.1) is 0 Å². The number of aryl methyl sites for hydroxylation is 1. The number of hydroxylamine groups is 2. The van der Waals surface area contributed by atoms with E-state index in [-0.39, 0.29) is 11.8 Å². The summed E-state index contributed by atoms with van der Waals surface area (Å²) in [6.45, 7) is 3.41. The number of hydrogen-bond acceptors (Lipinski definition) is 4. The first-order valence-electron chi connectivity index (χ1n) is 6.86. The molecule has 0 bridgehead atoms. The fraction of sp³-hybridized carbons (Fsp3) is 0.188. The molecule has 0 radical (unpaired) electrons. The molecule has 1 aromatic heterocycles. The maximum absolute atomic E-state index is 12.8. The van der Waals surface area contributed by atoms with Crippen molar-refractivity contribution in [2.24, 2.45) is 5.73 Å². The minimum Gasteiger partial charge on any atom is -0.426 e. The number of nitrogens with zero attached hydrogens (tertiary/aromatic N) is 1. The zero-order valence-corrected chi connectivity index (χ0v) is 12.7. The number of rotatable bonds is 5. The van der Waals surface area contributed by atoms with Crippen LogP contribution in [0.25, 0.3) is 6.08 Å². The average molecular weight is 320 g/mol. The molecule has 6 nitrogen and oxygen atoms in total. The number of primary amides is 1. The van der Waals surface area contributed by atoms with Crippen LogP contribution in [0.15, 0.2) is 40.8 Å². The fourth-order valence-electron chi connectivity index (χ4n) is 1.81. The van der Waals surface area contributed by atoms with E-state index < -0.39 is 12.1 Å². The standard InChI is InChI=1S/C16H17FN2O4/c1-10-9-15(22-13-6-4-12(17)5-7-13)23-14(10)8-3-11(2)19(21)16(18)20/h3-9,11,21H,1-2H3,(H2,18,20). The van der Waals surface area contributed by atoms with Crippen LogP contribution in [0.3, 0.4) is 0 Å². The van der Waals surface area contributed by atoms with Crippen LogP contribution in [-0.4, -0.2) is 22.3 Å². The third-order valence-electron chi connectivity index (χ3n) is 3.10. The summed E-state index contributed by atoms with van der Waals surface area (Å²) in [5.41, 5.74) is 5.77. The average Bonchev–Trinajstić information content (AvgIpc) is 2.86. The predicted octanol–water partition coefficient (Wildman–Crippen LogP) is 3.69. The Morgan fingerprint density at radius 1 is 1.43 bits per heavy atom. The molecule has 2 aromatic rings. The Hall–Kier alpha value is -2.80. The molecule has 23 heavy (non-hydrogen) atoms. The number of amides is 2. The molecule has 0 aliphatic carbocycles.